The van der Waals surface area contributed by atoms with Gasteiger partial charge in [-0.2, -0.15) is 5.01 Å². The van der Waals surface area contributed by atoms with Crippen molar-refractivity contribution in [3.63, 3.8) is 0 Å². The van der Waals surface area contributed by atoms with Crippen LogP contribution in [0.5, 0.6) is 0 Å². The Morgan fingerprint density at radius 1 is 1.07 bits per heavy atom. The summed E-state index contributed by atoms with van der Waals surface area (Å²) in [4.78, 5) is 48.2. The normalized spacial score (nSPS) is 14.1. The fraction of sp³-hybridized carbons (Fsp3) is 0.211. The number of benzene rings is 2. The fourth-order valence-corrected chi connectivity index (χ4v) is 3.13. The Bertz CT molecular complexity index is 929. The number of carbonyl (C=O) groups is 3. The third-order valence-corrected chi connectivity index (χ3v) is 4.64. The number of carbonyl (C=O) groups excluding carboxylic acids is 3. The van der Waals surface area contributed by atoms with Crippen molar-refractivity contribution in [2.75, 3.05) is 0 Å². The summed E-state index contributed by atoms with van der Waals surface area (Å²) in [6, 6.07) is 11.9. The van der Waals surface area contributed by atoms with Crippen LogP contribution in [0.4, 0.5) is 5.69 Å². The molecule has 0 atom stereocenters. The summed E-state index contributed by atoms with van der Waals surface area (Å²) in [7, 11) is 0. The second kappa shape index (κ2) is 8.18. The maximum atomic E-state index is 13.1. The Balaban J connectivity index is 1.97. The molecule has 1 saturated heterocycles. The highest BCUT2D eigenvalue weighted by Crippen LogP contribution is 2.24. The summed E-state index contributed by atoms with van der Waals surface area (Å²) in [6.07, 6.45) is 0.733. The zero-order chi connectivity index (χ0) is 20.3. The molecule has 1 aliphatic rings. The van der Waals surface area contributed by atoms with Crippen LogP contribution in [-0.2, 0) is 16.1 Å². The molecule has 0 bridgehead atoms. The maximum Gasteiger partial charge on any atom is 0.274 e. The molecule has 0 unspecified atom stereocenters. The lowest BCUT2D eigenvalue weighted by Crippen LogP contribution is -2.54. The SMILES string of the molecule is O=C(c1ccccc1Cl)N(Cc1ccc([N+](=O)[O-])cc1)N1C(=O)CCCC1=O. The summed E-state index contributed by atoms with van der Waals surface area (Å²) < 4.78 is 0. The molecule has 2 aromatic carbocycles. The van der Waals surface area contributed by atoms with E-state index in [9.17, 15) is 24.5 Å². The molecule has 1 aliphatic heterocycles. The van der Waals surface area contributed by atoms with Crippen molar-refractivity contribution in [2.24, 2.45) is 0 Å². The Morgan fingerprint density at radius 2 is 1.68 bits per heavy atom. The van der Waals surface area contributed by atoms with Crippen LogP contribution in [0.3, 0.4) is 0 Å². The summed E-state index contributed by atoms with van der Waals surface area (Å²) >= 11 is 6.12. The lowest BCUT2D eigenvalue weighted by Gasteiger charge is -2.35. The van der Waals surface area contributed by atoms with Crippen LogP contribution in [0.2, 0.25) is 5.02 Å². The highest BCUT2D eigenvalue weighted by atomic mass is 35.5. The van der Waals surface area contributed by atoms with Crippen molar-refractivity contribution in [2.45, 2.75) is 25.8 Å². The first-order chi connectivity index (χ1) is 13.4. The van der Waals surface area contributed by atoms with Gasteiger partial charge in [0, 0.05) is 25.0 Å². The van der Waals surface area contributed by atoms with E-state index in [-0.39, 0.29) is 35.7 Å². The molecule has 2 aromatic rings. The van der Waals surface area contributed by atoms with E-state index in [0.29, 0.717) is 12.0 Å². The molecular formula is C19H16ClN3O5. The zero-order valence-corrected chi connectivity index (χ0v) is 15.5. The minimum Gasteiger partial charge on any atom is -0.273 e. The van der Waals surface area contributed by atoms with Gasteiger partial charge in [-0.15, -0.1) is 0 Å². The Labute approximate surface area is 165 Å². The number of nitro groups is 1. The fourth-order valence-electron chi connectivity index (χ4n) is 2.91. The summed E-state index contributed by atoms with van der Waals surface area (Å²) in [6.45, 7) is -0.112. The number of halogens is 1. The van der Waals surface area contributed by atoms with Gasteiger partial charge in [0.2, 0.25) is 11.8 Å². The zero-order valence-electron chi connectivity index (χ0n) is 14.7. The van der Waals surface area contributed by atoms with E-state index in [0.717, 1.165) is 10.0 Å². The lowest BCUT2D eigenvalue weighted by atomic mass is 10.1. The quantitative estimate of drug-likeness (QED) is 0.434. The van der Waals surface area contributed by atoms with E-state index in [2.05, 4.69) is 0 Å². The van der Waals surface area contributed by atoms with Gasteiger partial charge in [-0.1, -0.05) is 35.9 Å². The number of amides is 3. The first kappa shape index (κ1) is 19.5. The smallest absolute Gasteiger partial charge is 0.273 e. The van der Waals surface area contributed by atoms with Gasteiger partial charge in [0.25, 0.3) is 11.6 Å². The van der Waals surface area contributed by atoms with Gasteiger partial charge in [-0.25, -0.2) is 5.01 Å². The number of nitrogens with zero attached hydrogens (tertiary/aromatic N) is 3. The Hall–Kier alpha value is -3.26. The molecule has 1 heterocycles. The minimum atomic E-state index is -0.604. The monoisotopic (exact) mass is 401 g/mol. The van der Waals surface area contributed by atoms with Crippen LogP contribution < -0.4 is 0 Å². The van der Waals surface area contributed by atoms with Crippen molar-refractivity contribution in [1.82, 2.24) is 10.0 Å². The van der Waals surface area contributed by atoms with Crippen LogP contribution in [-0.4, -0.2) is 32.7 Å². The van der Waals surface area contributed by atoms with Crippen molar-refractivity contribution >= 4 is 35.0 Å². The molecule has 0 radical (unpaired) electrons. The number of hydrogen-bond acceptors (Lipinski definition) is 5. The minimum absolute atomic E-state index is 0.0992. The van der Waals surface area contributed by atoms with E-state index < -0.39 is 22.6 Å². The van der Waals surface area contributed by atoms with Crippen LogP contribution in [0.15, 0.2) is 48.5 Å². The highest BCUT2D eigenvalue weighted by Gasteiger charge is 2.35. The van der Waals surface area contributed by atoms with Crippen molar-refractivity contribution in [3.05, 3.63) is 74.8 Å². The molecule has 1 fully saturated rings. The predicted molar refractivity (Wildman–Crippen MR) is 100 cm³/mol. The average Bonchev–Trinajstić information content (AvgIpc) is 2.67. The van der Waals surface area contributed by atoms with E-state index in [1.165, 1.54) is 30.3 Å². The summed E-state index contributed by atoms with van der Waals surface area (Å²) in [5, 5.41) is 12.9. The largest absolute Gasteiger partial charge is 0.274 e. The molecule has 8 nitrogen and oxygen atoms in total. The summed E-state index contributed by atoms with van der Waals surface area (Å²) in [5.74, 6) is -1.55. The first-order valence-corrected chi connectivity index (χ1v) is 8.91. The summed E-state index contributed by atoms with van der Waals surface area (Å²) in [5.41, 5.74) is 0.576. The number of non-ortho nitro benzene ring substituents is 1. The molecule has 0 spiro atoms. The van der Waals surface area contributed by atoms with Gasteiger partial charge >= 0.3 is 0 Å². The molecule has 0 aromatic heterocycles. The van der Waals surface area contributed by atoms with Crippen LogP contribution in [0, 0.1) is 10.1 Å². The maximum absolute atomic E-state index is 13.1. The number of rotatable bonds is 5. The third-order valence-electron chi connectivity index (χ3n) is 4.31. The Kier molecular flexibility index (Phi) is 5.70. The van der Waals surface area contributed by atoms with Gasteiger partial charge < -0.3 is 0 Å². The number of hydrogen-bond donors (Lipinski definition) is 0. The van der Waals surface area contributed by atoms with E-state index in [1.807, 2.05) is 0 Å². The molecule has 3 amide bonds. The van der Waals surface area contributed by atoms with Gasteiger partial charge in [0.1, 0.15) is 0 Å². The van der Waals surface area contributed by atoms with Crippen LogP contribution >= 0.6 is 11.6 Å². The first-order valence-electron chi connectivity index (χ1n) is 8.54. The topological polar surface area (TPSA) is 101 Å². The van der Waals surface area contributed by atoms with Crippen molar-refractivity contribution < 1.29 is 19.3 Å². The molecule has 3 rings (SSSR count). The molecule has 0 N–H and O–H groups in total. The second-order valence-corrected chi connectivity index (χ2v) is 6.63. The average molecular weight is 402 g/mol. The van der Waals surface area contributed by atoms with E-state index in [1.54, 1.807) is 18.2 Å². The molecule has 0 aliphatic carbocycles. The van der Waals surface area contributed by atoms with Gasteiger partial charge in [-0.3, -0.25) is 24.5 Å². The highest BCUT2D eigenvalue weighted by molar-refractivity contribution is 6.33. The van der Waals surface area contributed by atoms with Gasteiger partial charge in [-0.05, 0) is 24.1 Å². The predicted octanol–water partition coefficient (Wildman–Crippen LogP) is 3.34. The molecule has 28 heavy (non-hydrogen) atoms. The number of piperidine rings is 1. The van der Waals surface area contributed by atoms with E-state index >= 15 is 0 Å². The number of nitro benzene ring substituents is 1. The number of imide groups is 1. The Morgan fingerprint density at radius 3 is 2.25 bits per heavy atom. The van der Waals surface area contributed by atoms with Gasteiger partial charge in [0.15, 0.2) is 0 Å². The molecule has 144 valence electrons. The van der Waals surface area contributed by atoms with Crippen LogP contribution in [0.1, 0.15) is 35.2 Å². The van der Waals surface area contributed by atoms with Crippen LogP contribution in [0.25, 0.3) is 0 Å². The second-order valence-electron chi connectivity index (χ2n) is 6.22. The van der Waals surface area contributed by atoms with E-state index in [4.69, 9.17) is 11.6 Å². The third kappa shape index (κ3) is 4.01. The number of hydrazine groups is 1. The van der Waals surface area contributed by atoms with Crippen molar-refractivity contribution in [3.8, 4) is 0 Å². The molecule has 9 heteroatoms. The van der Waals surface area contributed by atoms with Gasteiger partial charge in [0.05, 0.1) is 22.1 Å². The molecular weight excluding hydrogens is 386 g/mol. The van der Waals surface area contributed by atoms with Crippen molar-refractivity contribution in [1.29, 1.82) is 0 Å². The lowest BCUT2D eigenvalue weighted by molar-refractivity contribution is -0.384. The standard InChI is InChI=1S/C19H16ClN3O5/c20-16-5-2-1-4-15(16)19(26)21(22-17(24)6-3-7-18(22)25)12-13-8-10-14(11-9-13)23(27)28/h1-2,4-5,8-11H,3,6-7,12H2. The molecule has 0 saturated carbocycles.